The molecule has 3 heteroatoms. The van der Waals surface area contributed by atoms with E-state index in [2.05, 4.69) is 11.4 Å². The topological polar surface area (TPSA) is 32.3 Å². The number of carbonyl (C=O) groups excluding carboxylic acids is 1. The third-order valence-corrected chi connectivity index (χ3v) is 3.28. The molecule has 1 N–H and O–H groups in total. The van der Waals surface area contributed by atoms with Gasteiger partial charge < -0.3 is 10.2 Å². The lowest BCUT2D eigenvalue weighted by molar-refractivity contribution is -0.129. The van der Waals surface area contributed by atoms with Crippen LogP contribution in [0, 0.1) is 23.8 Å². The molecular formula is C12H18N2O. The first-order chi connectivity index (χ1) is 6.93. The van der Waals surface area contributed by atoms with Crippen molar-refractivity contribution in [1.29, 1.82) is 0 Å². The van der Waals surface area contributed by atoms with Crippen LogP contribution in [-0.2, 0) is 4.79 Å². The summed E-state index contributed by atoms with van der Waals surface area (Å²) in [6.07, 6.45) is 6.53. The van der Waals surface area contributed by atoms with E-state index in [0.717, 1.165) is 13.0 Å². The number of hydrogen-bond donors (Lipinski definition) is 1. The van der Waals surface area contributed by atoms with Gasteiger partial charge in [-0.2, -0.15) is 0 Å². The number of terminal acetylenes is 1. The molecule has 1 aliphatic heterocycles. The number of hydrogen-bond acceptors (Lipinski definition) is 2. The number of piperidine rings is 1. The highest BCUT2D eigenvalue weighted by atomic mass is 16.2. The zero-order valence-corrected chi connectivity index (χ0v) is 9.58. The molecule has 0 aromatic heterocycles. The van der Waals surface area contributed by atoms with E-state index in [-0.39, 0.29) is 17.4 Å². The van der Waals surface area contributed by atoms with E-state index < -0.39 is 0 Å². The smallest absolute Gasteiger partial charge is 0.225 e. The van der Waals surface area contributed by atoms with Crippen LogP contribution < -0.4 is 5.32 Å². The average Bonchev–Trinajstić information content (AvgIpc) is 2.84. The van der Waals surface area contributed by atoms with E-state index in [4.69, 9.17) is 6.42 Å². The molecule has 0 aromatic carbocycles. The lowest BCUT2D eigenvalue weighted by Crippen LogP contribution is -2.44. The van der Waals surface area contributed by atoms with Crippen LogP contribution in [0.2, 0.25) is 0 Å². The Hall–Kier alpha value is -1.17. The lowest BCUT2D eigenvalue weighted by atomic mass is 9.95. The first-order valence-corrected chi connectivity index (χ1v) is 5.47. The highest BCUT2D eigenvalue weighted by Gasteiger charge is 2.53. The van der Waals surface area contributed by atoms with Crippen molar-refractivity contribution >= 4 is 5.91 Å². The van der Waals surface area contributed by atoms with Gasteiger partial charge in [-0.05, 0) is 6.42 Å². The molecule has 0 aromatic rings. The zero-order valence-electron chi connectivity index (χ0n) is 9.58. The maximum Gasteiger partial charge on any atom is 0.225 e. The monoisotopic (exact) mass is 206 g/mol. The summed E-state index contributed by atoms with van der Waals surface area (Å²) in [7, 11) is 0. The summed E-state index contributed by atoms with van der Waals surface area (Å²) < 4.78 is 0. The van der Waals surface area contributed by atoms with Gasteiger partial charge >= 0.3 is 0 Å². The average molecular weight is 206 g/mol. The summed E-state index contributed by atoms with van der Waals surface area (Å²) in [5.74, 6) is 0.712. The summed E-state index contributed by atoms with van der Waals surface area (Å²) in [6.45, 7) is 6.61. The molecule has 1 saturated heterocycles. The number of rotatable bonds is 1. The van der Waals surface area contributed by atoms with Crippen LogP contribution in [0.1, 0.15) is 27.2 Å². The van der Waals surface area contributed by atoms with Gasteiger partial charge in [0.1, 0.15) is 0 Å². The zero-order chi connectivity index (χ0) is 11.2. The summed E-state index contributed by atoms with van der Waals surface area (Å²) in [6, 6.07) is 3.47. The molecule has 82 valence electrons. The molecule has 15 heavy (non-hydrogen) atoms. The van der Waals surface area contributed by atoms with Crippen LogP contribution in [0.15, 0.2) is 0 Å². The Bertz CT molecular complexity index is 323. The van der Waals surface area contributed by atoms with Gasteiger partial charge in [0.25, 0.3) is 0 Å². The van der Waals surface area contributed by atoms with Crippen LogP contribution in [0.4, 0.5) is 0 Å². The molecule has 3 nitrogen and oxygen atoms in total. The van der Waals surface area contributed by atoms with Gasteiger partial charge in [-0.1, -0.05) is 27.2 Å². The number of carbonyl (C=O) groups is 1. The van der Waals surface area contributed by atoms with Crippen LogP contribution in [-0.4, -0.2) is 29.4 Å². The lowest BCUT2D eigenvalue weighted by Gasteiger charge is -2.23. The Morgan fingerprint density at radius 3 is 2.67 bits per heavy atom. The van der Waals surface area contributed by atoms with Crippen molar-refractivity contribution in [3.05, 3.63) is 0 Å². The van der Waals surface area contributed by atoms with E-state index in [9.17, 15) is 4.79 Å². The minimum absolute atomic E-state index is 0.122. The van der Waals surface area contributed by atoms with Crippen molar-refractivity contribution in [2.45, 2.75) is 39.3 Å². The highest BCUT2D eigenvalue weighted by Crippen LogP contribution is 2.44. The predicted octanol–water partition coefficient (Wildman–Crippen LogP) is 0.812. The maximum atomic E-state index is 11.8. The number of fused-ring (bicyclic) bond motifs is 1. The molecule has 2 rings (SSSR count). The molecule has 2 fully saturated rings. The molecule has 3 atom stereocenters. The van der Waals surface area contributed by atoms with Crippen LogP contribution in [0.3, 0.4) is 0 Å². The summed E-state index contributed by atoms with van der Waals surface area (Å²) in [5.41, 5.74) is -0.312. The van der Waals surface area contributed by atoms with Crippen molar-refractivity contribution in [2.24, 2.45) is 11.3 Å². The van der Waals surface area contributed by atoms with Crippen molar-refractivity contribution in [3.8, 4) is 12.5 Å². The van der Waals surface area contributed by atoms with Crippen molar-refractivity contribution in [1.82, 2.24) is 10.2 Å². The van der Waals surface area contributed by atoms with Gasteiger partial charge in [0.15, 0.2) is 0 Å². The largest absolute Gasteiger partial charge is 0.351 e. The Kier molecular flexibility index (Phi) is 2.18. The van der Waals surface area contributed by atoms with Gasteiger partial charge in [0.05, 0.1) is 6.04 Å². The molecule has 0 radical (unpaired) electrons. The number of nitrogens with one attached hydrogen (secondary N) is 1. The third-order valence-electron chi connectivity index (χ3n) is 3.28. The molecule has 0 bridgehead atoms. The summed E-state index contributed by atoms with van der Waals surface area (Å²) in [5, 5.41) is 3.10. The van der Waals surface area contributed by atoms with E-state index >= 15 is 0 Å². The van der Waals surface area contributed by atoms with Crippen LogP contribution in [0.5, 0.6) is 0 Å². The standard InChI is InChI=1S/C12H18N2O/c1-5-14-7-9(8-6-10(8)14)13-11(15)12(2,3)4/h1,8-10H,6-7H2,2-4H3,(H,13,15). The fourth-order valence-corrected chi connectivity index (χ4v) is 2.16. The first kappa shape index (κ1) is 10.4. The van der Waals surface area contributed by atoms with E-state index in [1.807, 2.05) is 25.7 Å². The number of nitrogens with zero attached hydrogens (tertiary/aromatic N) is 1. The fourth-order valence-electron chi connectivity index (χ4n) is 2.16. The van der Waals surface area contributed by atoms with E-state index in [0.29, 0.717) is 12.0 Å². The number of amides is 1. The van der Waals surface area contributed by atoms with Gasteiger partial charge in [0, 0.05) is 30.0 Å². The van der Waals surface area contributed by atoms with E-state index in [1.54, 1.807) is 0 Å². The molecule has 1 aliphatic carbocycles. The second-order valence-electron chi connectivity index (χ2n) is 5.58. The van der Waals surface area contributed by atoms with Crippen molar-refractivity contribution in [3.63, 3.8) is 0 Å². The van der Waals surface area contributed by atoms with Crippen LogP contribution in [0.25, 0.3) is 0 Å². The normalized spacial score (nSPS) is 33.2. The highest BCUT2D eigenvalue weighted by molar-refractivity contribution is 5.81. The molecule has 1 amide bonds. The Morgan fingerprint density at radius 2 is 2.20 bits per heavy atom. The van der Waals surface area contributed by atoms with Crippen LogP contribution >= 0.6 is 0 Å². The quantitative estimate of drug-likeness (QED) is 0.644. The Labute approximate surface area is 91.2 Å². The Balaban J connectivity index is 1.93. The van der Waals surface area contributed by atoms with Gasteiger partial charge in [0.2, 0.25) is 5.91 Å². The SMILES string of the molecule is C#CN1CC(NC(=O)C(C)(C)C)C2CC21. The summed E-state index contributed by atoms with van der Waals surface area (Å²) >= 11 is 0. The molecule has 2 aliphatic rings. The fraction of sp³-hybridized carbons (Fsp3) is 0.750. The minimum atomic E-state index is -0.312. The number of likely N-dealkylation sites (tertiary alicyclic amines) is 1. The predicted molar refractivity (Wildman–Crippen MR) is 58.8 cm³/mol. The molecule has 3 unspecified atom stereocenters. The summed E-state index contributed by atoms with van der Waals surface area (Å²) in [4.78, 5) is 13.8. The molecule has 1 saturated carbocycles. The first-order valence-electron chi connectivity index (χ1n) is 5.47. The second kappa shape index (κ2) is 3.16. The molecule has 0 spiro atoms. The third kappa shape index (κ3) is 1.81. The van der Waals surface area contributed by atoms with Crippen molar-refractivity contribution < 1.29 is 4.79 Å². The van der Waals surface area contributed by atoms with E-state index in [1.165, 1.54) is 0 Å². The second-order valence-corrected chi connectivity index (χ2v) is 5.58. The molecule has 1 heterocycles. The van der Waals surface area contributed by atoms with Crippen molar-refractivity contribution in [2.75, 3.05) is 6.54 Å². The minimum Gasteiger partial charge on any atom is -0.351 e. The maximum absolute atomic E-state index is 11.8. The van der Waals surface area contributed by atoms with Gasteiger partial charge in [-0.25, -0.2) is 0 Å². The Morgan fingerprint density at radius 1 is 1.53 bits per heavy atom. The molecular weight excluding hydrogens is 188 g/mol. The van der Waals surface area contributed by atoms with Gasteiger partial charge in [-0.15, -0.1) is 0 Å². The van der Waals surface area contributed by atoms with Gasteiger partial charge in [-0.3, -0.25) is 4.79 Å².